The molecule has 24 heavy (non-hydrogen) atoms. The largest absolute Gasteiger partial charge is 0.491 e. The number of likely N-dealkylation sites (tertiary alicyclic amines) is 1. The zero-order valence-corrected chi connectivity index (χ0v) is 14.0. The zero-order chi connectivity index (χ0) is 17.2. The number of benzene rings is 1. The van der Waals surface area contributed by atoms with Crippen molar-refractivity contribution in [2.75, 3.05) is 20.2 Å². The van der Waals surface area contributed by atoms with Crippen molar-refractivity contribution >= 4 is 5.91 Å². The van der Waals surface area contributed by atoms with Crippen LogP contribution in [0.15, 0.2) is 47.4 Å². The van der Waals surface area contributed by atoms with Gasteiger partial charge in [-0.3, -0.25) is 9.59 Å². The summed E-state index contributed by atoms with van der Waals surface area (Å²) >= 11 is 0. The van der Waals surface area contributed by atoms with E-state index in [9.17, 15) is 9.59 Å². The fraction of sp³-hybridized carbons (Fsp3) is 0.368. The summed E-state index contributed by atoms with van der Waals surface area (Å²) in [5, 5.41) is 0. The molecule has 3 rings (SSSR count). The van der Waals surface area contributed by atoms with Crippen molar-refractivity contribution in [1.82, 2.24) is 9.88 Å². The molecule has 5 heteroatoms. The average Bonchev–Trinajstić information content (AvgIpc) is 2.62. The molecule has 1 aromatic heterocycles. The Hall–Kier alpha value is -2.56. The van der Waals surface area contributed by atoms with Crippen LogP contribution in [-0.2, 0) is 5.41 Å². The number of rotatable bonds is 3. The Balaban J connectivity index is 1.83. The standard InChI is InChI=1S/C19H22N2O3/c1-19(14-7-4-3-5-8-14)9-6-10-21(13-19)18(23)15-11-16(22)17(24-2)12-20-15/h3-5,7-8,11-12H,6,9-10,13H2,1-2H3,(H,20,22). The van der Waals surface area contributed by atoms with Crippen molar-refractivity contribution in [3.05, 3.63) is 64.1 Å². The Bertz CT molecular complexity index is 785. The van der Waals surface area contributed by atoms with Gasteiger partial charge in [0.25, 0.3) is 5.91 Å². The minimum absolute atomic E-state index is 0.0675. The molecule has 0 bridgehead atoms. The molecule has 126 valence electrons. The number of amides is 1. The minimum Gasteiger partial charge on any atom is -0.491 e. The van der Waals surface area contributed by atoms with E-state index in [0.717, 1.165) is 12.8 Å². The first-order chi connectivity index (χ1) is 11.5. The van der Waals surface area contributed by atoms with Crippen LogP contribution in [0.1, 0.15) is 35.8 Å². The molecule has 1 atom stereocenters. The highest BCUT2D eigenvalue weighted by Crippen LogP contribution is 2.33. The van der Waals surface area contributed by atoms with Gasteiger partial charge in [0, 0.05) is 30.8 Å². The maximum Gasteiger partial charge on any atom is 0.270 e. The molecule has 2 heterocycles. The van der Waals surface area contributed by atoms with Crippen molar-refractivity contribution < 1.29 is 9.53 Å². The first-order valence-electron chi connectivity index (χ1n) is 8.15. The number of nitrogens with one attached hydrogen (secondary N) is 1. The second-order valence-corrected chi connectivity index (χ2v) is 6.54. The van der Waals surface area contributed by atoms with Crippen LogP contribution in [0.3, 0.4) is 0 Å². The molecule has 1 fully saturated rings. The van der Waals surface area contributed by atoms with Crippen molar-refractivity contribution in [3.8, 4) is 5.75 Å². The van der Waals surface area contributed by atoms with Crippen LogP contribution >= 0.6 is 0 Å². The van der Waals surface area contributed by atoms with Crippen LogP contribution < -0.4 is 10.2 Å². The summed E-state index contributed by atoms with van der Waals surface area (Å²) in [6.45, 7) is 3.54. The number of H-pyrrole nitrogens is 1. The highest BCUT2D eigenvalue weighted by atomic mass is 16.5. The van der Waals surface area contributed by atoms with Gasteiger partial charge in [0.15, 0.2) is 5.75 Å². The Kier molecular flexibility index (Phi) is 4.42. The molecular formula is C19H22N2O3. The topological polar surface area (TPSA) is 62.4 Å². The second kappa shape index (κ2) is 6.51. The van der Waals surface area contributed by atoms with Crippen LogP contribution in [-0.4, -0.2) is 36.0 Å². The van der Waals surface area contributed by atoms with Gasteiger partial charge in [0.1, 0.15) is 5.69 Å². The second-order valence-electron chi connectivity index (χ2n) is 6.54. The summed E-state index contributed by atoms with van der Waals surface area (Å²) < 4.78 is 4.95. The number of carbonyl (C=O) groups is 1. The number of nitrogens with zero attached hydrogens (tertiary/aromatic N) is 1. The lowest BCUT2D eigenvalue weighted by atomic mass is 9.76. The molecular weight excluding hydrogens is 304 g/mol. The number of hydrogen-bond acceptors (Lipinski definition) is 3. The highest BCUT2D eigenvalue weighted by Gasteiger charge is 2.35. The monoisotopic (exact) mass is 326 g/mol. The molecule has 0 radical (unpaired) electrons. The molecule has 1 amide bonds. The number of hydrogen-bond donors (Lipinski definition) is 1. The number of pyridine rings is 1. The quantitative estimate of drug-likeness (QED) is 0.943. The minimum atomic E-state index is -0.289. The molecule has 1 saturated heterocycles. The molecule has 0 saturated carbocycles. The van der Waals surface area contributed by atoms with Gasteiger partial charge >= 0.3 is 0 Å². The van der Waals surface area contributed by atoms with Crippen molar-refractivity contribution in [2.45, 2.75) is 25.2 Å². The van der Waals surface area contributed by atoms with Gasteiger partial charge in [-0.1, -0.05) is 37.3 Å². The molecule has 5 nitrogen and oxygen atoms in total. The van der Waals surface area contributed by atoms with Crippen molar-refractivity contribution in [3.63, 3.8) is 0 Å². The molecule has 1 aromatic carbocycles. The fourth-order valence-electron chi connectivity index (χ4n) is 3.40. The Morgan fingerprint density at radius 3 is 2.71 bits per heavy atom. The molecule has 1 aliphatic heterocycles. The van der Waals surface area contributed by atoms with Crippen molar-refractivity contribution in [1.29, 1.82) is 0 Å². The lowest BCUT2D eigenvalue weighted by Gasteiger charge is -2.41. The number of carbonyl (C=O) groups excluding carboxylic acids is 1. The van der Waals surface area contributed by atoms with E-state index in [0.29, 0.717) is 18.8 Å². The summed E-state index contributed by atoms with van der Waals surface area (Å²) in [6, 6.07) is 11.6. The normalized spacial score (nSPS) is 20.7. The first kappa shape index (κ1) is 16.3. The molecule has 1 aliphatic rings. The maximum atomic E-state index is 12.8. The average molecular weight is 326 g/mol. The van der Waals surface area contributed by atoms with Gasteiger partial charge in [-0.25, -0.2) is 0 Å². The van der Waals surface area contributed by atoms with Crippen LogP contribution in [0, 0.1) is 0 Å². The number of piperidine rings is 1. The summed E-state index contributed by atoms with van der Waals surface area (Å²) in [6.07, 6.45) is 3.42. The molecule has 1 N–H and O–H groups in total. The predicted molar refractivity (Wildman–Crippen MR) is 92.5 cm³/mol. The van der Waals surface area contributed by atoms with E-state index in [1.54, 1.807) is 0 Å². The molecule has 0 aliphatic carbocycles. The van der Waals surface area contributed by atoms with E-state index in [2.05, 4.69) is 24.0 Å². The van der Waals surface area contributed by atoms with Crippen LogP contribution in [0.25, 0.3) is 0 Å². The van der Waals surface area contributed by atoms with E-state index in [1.165, 1.54) is 24.9 Å². The van der Waals surface area contributed by atoms with Crippen LogP contribution in [0.4, 0.5) is 0 Å². The SMILES string of the molecule is COc1c[nH]c(C(=O)N2CCCC(C)(c3ccccc3)C2)cc1=O. The third kappa shape index (κ3) is 3.07. The van der Waals surface area contributed by atoms with Crippen LogP contribution in [0.2, 0.25) is 0 Å². The summed E-state index contributed by atoms with van der Waals surface area (Å²) in [5.41, 5.74) is 1.19. The van der Waals surface area contributed by atoms with Gasteiger partial charge < -0.3 is 14.6 Å². The van der Waals surface area contributed by atoms with Gasteiger partial charge in [0.2, 0.25) is 5.43 Å². The van der Waals surface area contributed by atoms with E-state index >= 15 is 0 Å². The zero-order valence-electron chi connectivity index (χ0n) is 14.0. The number of aromatic amines is 1. The summed E-state index contributed by atoms with van der Waals surface area (Å²) in [4.78, 5) is 29.4. The lowest BCUT2D eigenvalue weighted by molar-refractivity contribution is 0.0645. The Morgan fingerprint density at radius 2 is 2.04 bits per heavy atom. The first-order valence-corrected chi connectivity index (χ1v) is 8.15. The molecule has 0 spiro atoms. The maximum absolute atomic E-state index is 12.8. The third-order valence-electron chi connectivity index (χ3n) is 4.78. The lowest BCUT2D eigenvalue weighted by Crippen LogP contribution is -2.47. The Labute approximate surface area is 141 Å². The van der Waals surface area contributed by atoms with Gasteiger partial charge in [0.05, 0.1) is 7.11 Å². The summed E-state index contributed by atoms with van der Waals surface area (Å²) in [5.74, 6) is 0.0657. The smallest absolute Gasteiger partial charge is 0.270 e. The van der Waals surface area contributed by atoms with Gasteiger partial charge in [-0.15, -0.1) is 0 Å². The number of ether oxygens (including phenoxy) is 1. The van der Waals surface area contributed by atoms with Gasteiger partial charge in [-0.2, -0.15) is 0 Å². The highest BCUT2D eigenvalue weighted by molar-refractivity contribution is 5.92. The van der Waals surface area contributed by atoms with E-state index in [-0.39, 0.29) is 22.5 Å². The van der Waals surface area contributed by atoms with E-state index in [1.807, 2.05) is 23.1 Å². The van der Waals surface area contributed by atoms with E-state index in [4.69, 9.17) is 4.74 Å². The van der Waals surface area contributed by atoms with Gasteiger partial charge in [-0.05, 0) is 18.4 Å². The number of aromatic nitrogens is 1. The summed E-state index contributed by atoms with van der Waals surface area (Å²) in [7, 11) is 1.43. The van der Waals surface area contributed by atoms with E-state index < -0.39 is 0 Å². The molecule has 2 aromatic rings. The fourth-order valence-corrected chi connectivity index (χ4v) is 3.40. The Morgan fingerprint density at radius 1 is 1.29 bits per heavy atom. The predicted octanol–water partition coefficient (Wildman–Crippen LogP) is 2.58. The third-order valence-corrected chi connectivity index (χ3v) is 4.78. The van der Waals surface area contributed by atoms with Crippen LogP contribution in [0.5, 0.6) is 5.75 Å². The number of methoxy groups -OCH3 is 1. The van der Waals surface area contributed by atoms with Crippen molar-refractivity contribution in [2.24, 2.45) is 0 Å². The molecule has 1 unspecified atom stereocenters.